The normalized spacial score (nSPS) is 10.3. The van der Waals surface area contributed by atoms with Crippen LogP contribution in [0.15, 0.2) is 19.0 Å². The first-order valence-corrected chi connectivity index (χ1v) is 5.16. The van der Waals surface area contributed by atoms with Crippen LogP contribution in [0.5, 0.6) is 0 Å². The lowest BCUT2D eigenvalue weighted by molar-refractivity contribution is 0.759. The summed E-state index contributed by atoms with van der Waals surface area (Å²) in [5.74, 6) is 2.36. The van der Waals surface area contributed by atoms with E-state index < -0.39 is 0 Å². The van der Waals surface area contributed by atoms with Crippen molar-refractivity contribution in [3.8, 4) is 0 Å². The van der Waals surface area contributed by atoms with E-state index in [0.717, 1.165) is 36.7 Å². The zero-order chi connectivity index (χ0) is 11.2. The van der Waals surface area contributed by atoms with Crippen molar-refractivity contribution >= 4 is 0 Å². The average molecular weight is 216 g/mol. The van der Waals surface area contributed by atoms with Gasteiger partial charge in [-0.15, -0.1) is 0 Å². The van der Waals surface area contributed by atoms with E-state index in [-0.39, 0.29) is 0 Å². The van der Waals surface area contributed by atoms with Gasteiger partial charge in [-0.05, 0) is 0 Å². The zero-order valence-corrected chi connectivity index (χ0v) is 9.04. The molecule has 0 fully saturated rings. The lowest BCUT2D eigenvalue weighted by atomic mass is 10.3. The minimum Gasteiger partial charge on any atom is -0.225 e. The first-order valence-electron chi connectivity index (χ1n) is 5.16. The monoisotopic (exact) mass is 216 g/mol. The Hall–Kier alpha value is -1.98. The Labute approximate surface area is 93.3 Å². The molecule has 0 saturated carbocycles. The van der Waals surface area contributed by atoms with Gasteiger partial charge < -0.3 is 0 Å². The molecule has 16 heavy (non-hydrogen) atoms. The molecule has 0 spiro atoms. The average Bonchev–Trinajstić information content (AvgIpc) is 2.38. The molecule has 6 heteroatoms. The maximum atomic E-state index is 4.31. The van der Waals surface area contributed by atoms with E-state index >= 15 is 0 Å². The van der Waals surface area contributed by atoms with Crippen molar-refractivity contribution in [2.75, 3.05) is 0 Å². The summed E-state index contributed by atoms with van der Waals surface area (Å²) in [6.07, 6.45) is 6.80. The van der Waals surface area contributed by atoms with Gasteiger partial charge in [0, 0.05) is 19.3 Å². The van der Waals surface area contributed by atoms with Crippen molar-refractivity contribution < 1.29 is 0 Å². The van der Waals surface area contributed by atoms with Crippen molar-refractivity contribution in [2.45, 2.75) is 26.2 Å². The standard InChI is InChI=1S/C10H12N6/c1-2-8-14-7-15-10(16-8)4-3-9-12-5-11-6-13-9/h5-7H,2-4H2,1H3. The highest BCUT2D eigenvalue weighted by molar-refractivity contribution is 4.93. The fourth-order valence-electron chi connectivity index (χ4n) is 1.28. The smallest absolute Gasteiger partial charge is 0.132 e. The topological polar surface area (TPSA) is 77.3 Å². The van der Waals surface area contributed by atoms with Gasteiger partial charge in [-0.25, -0.2) is 29.9 Å². The summed E-state index contributed by atoms with van der Waals surface area (Å²) in [5.41, 5.74) is 0. The third kappa shape index (κ3) is 2.75. The maximum absolute atomic E-state index is 4.31. The molecule has 0 amide bonds. The van der Waals surface area contributed by atoms with Crippen LogP contribution < -0.4 is 0 Å². The second kappa shape index (κ2) is 5.20. The Morgan fingerprint density at radius 1 is 0.812 bits per heavy atom. The van der Waals surface area contributed by atoms with Gasteiger partial charge in [0.25, 0.3) is 0 Å². The molecule has 2 rings (SSSR count). The fraction of sp³-hybridized carbons (Fsp3) is 0.400. The predicted molar refractivity (Wildman–Crippen MR) is 56.4 cm³/mol. The van der Waals surface area contributed by atoms with Gasteiger partial charge in [0.1, 0.15) is 36.5 Å². The molecule has 0 aromatic carbocycles. The number of rotatable bonds is 4. The van der Waals surface area contributed by atoms with Crippen molar-refractivity contribution in [3.05, 3.63) is 36.5 Å². The highest BCUT2D eigenvalue weighted by Crippen LogP contribution is 1.98. The minimum absolute atomic E-state index is 0.718. The van der Waals surface area contributed by atoms with Crippen LogP contribution in [0, 0.1) is 0 Å². The largest absolute Gasteiger partial charge is 0.225 e. The van der Waals surface area contributed by atoms with Crippen LogP contribution in [0.2, 0.25) is 0 Å². The molecule has 6 nitrogen and oxygen atoms in total. The number of aryl methyl sites for hydroxylation is 3. The highest BCUT2D eigenvalue weighted by atomic mass is 15.0. The van der Waals surface area contributed by atoms with Gasteiger partial charge in [-0.1, -0.05) is 6.92 Å². The summed E-state index contributed by atoms with van der Waals surface area (Å²) in [5, 5.41) is 0. The molecule has 2 aromatic heterocycles. The van der Waals surface area contributed by atoms with Gasteiger partial charge in [-0.3, -0.25) is 0 Å². The molecule has 0 radical (unpaired) electrons. The van der Waals surface area contributed by atoms with E-state index in [9.17, 15) is 0 Å². The Kier molecular flexibility index (Phi) is 3.42. The predicted octanol–water partition coefficient (Wildman–Crippen LogP) is 0.404. The summed E-state index contributed by atoms with van der Waals surface area (Å²) < 4.78 is 0. The Balaban J connectivity index is 1.99. The Morgan fingerprint density at radius 2 is 1.44 bits per heavy atom. The van der Waals surface area contributed by atoms with E-state index in [2.05, 4.69) is 29.9 Å². The summed E-state index contributed by atoms with van der Waals surface area (Å²) in [4.78, 5) is 24.3. The van der Waals surface area contributed by atoms with Gasteiger partial charge >= 0.3 is 0 Å². The first kappa shape index (κ1) is 10.5. The summed E-state index contributed by atoms with van der Waals surface area (Å²) in [6, 6.07) is 0. The van der Waals surface area contributed by atoms with E-state index in [1.807, 2.05) is 6.92 Å². The molecule has 2 aromatic rings. The number of hydrogen-bond acceptors (Lipinski definition) is 6. The molecular weight excluding hydrogens is 204 g/mol. The van der Waals surface area contributed by atoms with E-state index in [1.54, 1.807) is 6.33 Å². The quantitative estimate of drug-likeness (QED) is 0.736. The SMILES string of the molecule is CCc1ncnc(CCc2ncncn2)n1. The molecular formula is C10H12N6. The van der Waals surface area contributed by atoms with Crippen molar-refractivity contribution in [3.63, 3.8) is 0 Å². The Morgan fingerprint density at radius 3 is 2.19 bits per heavy atom. The molecule has 0 unspecified atom stereocenters. The molecule has 82 valence electrons. The third-order valence-electron chi connectivity index (χ3n) is 2.11. The maximum Gasteiger partial charge on any atom is 0.132 e. The second-order valence-corrected chi connectivity index (χ2v) is 3.23. The van der Waals surface area contributed by atoms with E-state index in [4.69, 9.17) is 0 Å². The molecule has 2 heterocycles. The molecule has 0 N–H and O–H groups in total. The van der Waals surface area contributed by atoms with E-state index in [1.165, 1.54) is 12.7 Å². The summed E-state index contributed by atoms with van der Waals surface area (Å²) in [7, 11) is 0. The minimum atomic E-state index is 0.718. The molecule has 0 aliphatic rings. The highest BCUT2D eigenvalue weighted by Gasteiger charge is 2.01. The van der Waals surface area contributed by atoms with Crippen LogP contribution in [0.3, 0.4) is 0 Å². The number of aromatic nitrogens is 6. The van der Waals surface area contributed by atoms with E-state index in [0.29, 0.717) is 0 Å². The summed E-state index contributed by atoms with van der Waals surface area (Å²) in [6.45, 7) is 2.02. The lowest BCUT2D eigenvalue weighted by Gasteiger charge is -2.00. The van der Waals surface area contributed by atoms with Crippen molar-refractivity contribution in [1.29, 1.82) is 0 Å². The Bertz CT molecular complexity index is 444. The second-order valence-electron chi connectivity index (χ2n) is 3.23. The van der Waals surface area contributed by atoms with Crippen molar-refractivity contribution in [1.82, 2.24) is 29.9 Å². The van der Waals surface area contributed by atoms with Crippen LogP contribution in [0.25, 0.3) is 0 Å². The molecule has 0 aliphatic heterocycles. The van der Waals surface area contributed by atoms with Crippen LogP contribution in [0.1, 0.15) is 24.4 Å². The molecule has 0 aliphatic carbocycles. The van der Waals surface area contributed by atoms with Crippen molar-refractivity contribution in [2.24, 2.45) is 0 Å². The third-order valence-corrected chi connectivity index (χ3v) is 2.11. The summed E-state index contributed by atoms with van der Waals surface area (Å²) >= 11 is 0. The fourth-order valence-corrected chi connectivity index (χ4v) is 1.28. The number of hydrogen-bond donors (Lipinski definition) is 0. The van der Waals surface area contributed by atoms with Gasteiger partial charge in [-0.2, -0.15) is 0 Å². The van der Waals surface area contributed by atoms with Gasteiger partial charge in [0.15, 0.2) is 0 Å². The first-order chi connectivity index (χ1) is 7.88. The van der Waals surface area contributed by atoms with Crippen LogP contribution in [-0.4, -0.2) is 29.9 Å². The molecule has 0 saturated heterocycles. The lowest BCUT2D eigenvalue weighted by Crippen LogP contribution is -2.04. The zero-order valence-electron chi connectivity index (χ0n) is 9.04. The number of nitrogens with zero attached hydrogens (tertiary/aromatic N) is 6. The molecule has 0 bridgehead atoms. The van der Waals surface area contributed by atoms with Gasteiger partial charge in [0.2, 0.25) is 0 Å². The van der Waals surface area contributed by atoms with Crippen LogP contribution in [-0.2, 0) is 19.3 Å². The van der Waals surface area contributed by atoms with Crippen LogP contribution >= 0.6 is 0 Å². The van der Waals surface area contributed by atoms with Gasteiger partial charge in [0.05, 0.1) is 0 Å². The molecule has 0 atom stereocenters. The van der Waals surface area contributed by atoms with Crippen LogP contribution in [0.4, 0.5) is 0 Å².